The van der Waals surface area contributed by atoms with Gasteiger partial charge in [-0.2, -0.15) is 5.10 Å². The number of nitrogen functional groups attached to an aromatic ring is 1. The average Bonchev–Trinajstić information content (AvgIpc) is 2.68. The van der Waals surface area contributed by atoms with Gasteiger partial charge in [-0.05, 0) is 12.8 Å². The van der Waals surface area contributed by atoms with Crippen LogP contribution in [0.5, 0.6) is 0 Å². The van der Waals surface area contributed by atoms with E-state index in [1.165, 1.54) is 0 Å². The first-order chi connectivity index (χ1) is 8.00. The summed E-state index contributed by atoms with van der Waals surface area (Å²) < 4.78 is 26.4. The van der Waals surface area contributed by atoms with Crippen LogP contribution < -0.4 is 10.5 Å². The highest BCUT2D eigenvalue weighted by Gasteiger charge is 2.29. The summed E-state index contributed by atoms with van der Waals surface area (Å²) in [6, 6.07) is -0.442. The maximum absolute atomic E-state index is 12.0. The summed E-state index contributed by atoms with van der Waals surface area (Å²) in [4.78, 5) is -0.0738. The third-order valence-corrected chi connectivity index (χ3v) is 4.48. The van der Waals surface area contributed by atoms with Crippen molar-refractivity contribution < 1.29 is 13.5 Å². The van der Waals surface area contributed by atoms with Gasteiger partial charge in [-0.25, -0.2) is 13.1 Å². The molecule has 1 aromatic heterocycles. The molecule has 0 saturated heterocycles. The van der Waals surface area contributed by atoms with Crippen LogP contribution in [0.15, 0.2) is 11.1 Å². The van der Waals surface area contributed by atoms with Crippen LogP contribution in [-0.4, -0.2) is 35.9 Å². The van der Waals surface area contributed by atoms with Gasteiger partial charge in [-0.3, -0.25) is 5.10 Å². The SMILES string of the molecule is Nc1[nH]ncc1S(=O)(=O)N[C@@H]1CCCC[C@H]1O. The molecule has 8 heteroatoms. The van der Waals surface area contributed by atoms with E-state index < -0.39 is 22.2 Å². The van der Waals surface area contributed by atoms with E-state index in [0.717, 1.165) is 19.0 Å². The fraction of sp³-hybridized carbons (Fsp3) is 0.667. The Labute approximate surface area is 99.5 Å². The number of aliphatic hydroxyl groups is 1. The number of rotatable bonds is 3. The molecule has 0 bridgehead atoms. The molecule has 0 aliphatic heterocycles. The molecule has 0 spiro atoms. The molecule has 1 saturated carbocycles. The number of aliphatic hydroxyl groups excluding tert-OH is 1. The van der Waals surface area contributed by atoms with E-state index in [9.17, 15) is 13.5 Å². The molecule has 0 radical (unpaired) electrons. The summed E-state index contributed by atoms with van der Waals surface area (Å²) >= 11 is 0. The fourth-order valence-electron chi connectivity index (χ4n) is 2.01. The summed E-state index contributed by atoms with van der Waals surface area (Å²) in [7, 11) is -3.71. The maximum Gasteiger partial charge on any atom is 0.246 e. The number of aromatic amines is 1. The number of anilines is 1. The van der Waals surface area contributed by atoms with E-state index >= 15 is 0 Å². The second kappa shape index (κ2) is 4.63. The number of H-pyrrole nitrogens is 1. The molecular weight excluding hydrogens is 244 g/mol. The zero-order valence-corrected chi connectivity index (χ0v) is 10.1. The minimum absolute atomic E-state index is 0.00259. The number of nitrogens with one attached hydrogen (secondary N) is 2. The Morgan fingerprint density at radius 2 is 2.18 bits per heavy atom. The predicted molar refractivity (Wildman–Crippen MR) is 61.6 cm³/mol. The zero-order chi connectivity index (χ0) is 12.5. The second-order valence-corrected chi connectivity index (χ2v) is 5.91. The van der Waals surface area contributed by atoms with Crippen molar-refractivity contribution in [2.75, 3.05) is 5.73 Å². The van der Waals surface area contributed by atoms with E-state index in [1.807, 2.05) is 0 Å². The summed E-state index contributed by atoms with van der Waals surface area (Å²) in [5.41, 5.74) is 5.47. The lowest BCUT2D eigenvalue weighted by Crippen LogP contribution is -2.45. The van der Waals surface area contributed by atoms with Crippen molar-refractivity contribution in [3.8, 4) is 0 Å². The molecule has 0 amide bonds. The van der Waals surface area contributed by atoms with Crippen LogP contribution in [0.4, 0.5) is 5.82 Å². The van der Waals surface area contributed by atoms with Crippen LogP contribution in [-0.2, 0) is 10.0 Å². The van der Waals surface area contributed by atoms with Gasteiger partial charge in [0.1, 0.15) is 10.7 Å². The topological polar surface area (TPSA) is 121 Å². The van der Waals surface area contributed by atoms with Crippen molar-refractivity contribution in [1.82, 2.24) is 14.9 Å². The Bertz CT molecular complexity index is 484. The lowest BCUT2D eigenvalue weighted by Gasteiger charge is -2.27. The Morgan fingerprint density at radius 3 is 2.76 bits per heavy atom. The van der Waals surface area contributed by atoms with E-state index in [1.54, 1.807) is 0 Å². The second-order valence-electron chi connectivity index (χ2n) is 4.23. The summed E-state index contributed by atoms with van der Waals surface area (Å²) in [6.07, 6.45) is 3.61. The molecule has 2 atom stereocenters. The fourth-order valence-corrected chi connectivity index (χ4v) is 3.34. The molecule has 7 nitrogen and oxygen atoms in total. The molecule has 1 aliphatic carbocycles. The Morgan fingerprint density at radius 1 is 1.47 bits per heavy atom. The molecule has 0 aromatic carbocycles. The number of aromatic nitrogens is 2. The highest BCUT2D eigenvalue weighted by molar-refractivity contribution is 7.89. The van der Waals surface area contributed by atoms with Crippen molar-refractivity contribution >= 4 is 15.8 Å². The van der Waals surface area contributed by atoms with Crippen molar-refractivity contribution in [2.45, 2.75) is 42.7 Å². The number of hydrogen-bond acceptors (Lipinski definition) is 5. The quantitative estimate of drug-likeness (QED) is 0.588. The smallest absolute Gasteiger partial charge is 0.246 e. The molecule has 0 unspecified atom stereocenters. The Kier molecular flexibility index (Phi) is 3.36. The van der Waals surface area contributed by atoms with Gasteiger partial charge in [0.05, 0.1) is 12.3 Å². The van der Waals surface area contributed by atoms with Gasteiger partial charge < -0.3 is 10.8 Å². The summed E-state index contributed by atoms with van der Waals surface area (Å²) in [6.45, 7) is 0. The van der Waals surface area contributed by atoms with Gasteiger partial charge in [0.15, 0.2) is 0 Å². The summed E-state index contributed by atoms with van der Waals surface area (Å²) in [5, 5.41) is 15.7. The lowest BCUT2D eigenvalue weighted by molar-refractivity contribution is 0.101. The molecule has 1 aliphatic rings. The van der Waals surface area contributed by atoms with Crippen molar-refractivity contribution in [1.29, 1.82) is 0 Å². The van der Waals surface area contributed by atoms with Gasteiger partial charge in [0, 0.05) is 6.04 Å². The number of sulfonamides is 1. The molecule has 1 aromatic rings. The number of nitrogens with two attached hydrogens (primary N) is 1. The van der Waals surface area contributed by atoms with Gasteiger partial charge in [0.2, 0.25) is 10.0 Å². The summed E-state index contributed by atoms with van der Waals surface area (Å²) in [5.74, 6) is 0.00259. The largest absolute Gasteiger partial charge is 0.391 e. The Hall–Kier alpha value is -1.12. The molecule has 1 fully saturated rings. The minimum atomic E-state index is -3.71. The van der Waals surface area contributed by atoms with Gasteiger partial charge >= 0.3 is 0 Å². The van der Waals surface area contributed by atoms with E-state index in [2.05, 4.69) is 14.9 Å². The first-order valence-electron chi connectivity index (χ1n) is 5.50. The zero-order valence-electron chi connectivity index (χ0n) is 9.26. The van der Waals surface area contributed by atoms with Gasteiger partial charge in [0.25, 0.3) is 0 Å². The minimum Gasteiger partial charge on any atom is -0.391 e. The first-order valence-corrected chi connectivity index (χ1v) is 6.98. The van der Waals surface area contributed by atoms with E-state index in [4.69, 9.17) is 5.73 Å². The average molecular weight is 260 g/mol. The third-order valence-electron chi connectivity index (χ3n) is 2.96. The van der Waals surface area contributed by atoms with Crippen LogP contribution in [0, 0.1) is 0 Å². The molecule has 1 heterocycles. The lowest BCUT2D eigenvalue weighted by atomic mass is 9.93. The molecule has 5 N–H and O–H groups in total. The number of hydrogen-bond donors (Lipinski definition) is 4. The van der Waals surface area contributed by atoms with E-state index in [-0.39, 0.29) is 10.7 Å². The van der Waals surface area contributed by atoms with Crippen LogP contribution in [0.25, 0.3) is 0 Å². The molecule has 17 heavy (non-hydrogen) atoms. The Balaban J connectivity index is 2.15. The van der Waals surface area contributed by atoms with Crippen LogP contribution in [0.3, 0.4) is 0 Å². The normalized spacial score (nSPS) is 25.9. The highest BCUT2D eigenvalue weighted by atomic mass is 32.2. The molecule has 2 rings (SSSR count). The van der Waals surface area contributed by atoms with Crippen LogP contribution >= 0.6 is 0 Å². The predicted octanol–water partition coefficient (Wildman–Crippen LogP) is -0.426. The maximum atomic E-state index is 12.0. The molecule has 96 valence electrons. The standard InChI is InChI=1S/C9H16N4O3S/c10-9-8(5-11-12-9)17(15,16)13-6-3-1-2-4-7(6)14/h5-7,13-14H,1-4H2,(H3,10,11,12)/t6-,7-/m1/s1. The van der Waals surface area contributed by atoms with Crippen molar-refractivity contribution in [3.05, 3.63) is 6.20 Å². The van der Waals surface area contributed by atoms with Gasteiger partial charge in [-0.15, -0.1) is 0 Å². The molecular formula is C9H16N4O3S. The number of nitrogens with zero attached hydrogens (tertiary/aromatic N) is 1. The third kappa shape index (κ3) is 2.59. The van der Waals surface area contributed by atoms with Crippen LogP contribution in [0.2, 0.25) is 0 Å². The monoisotopic (exact) mass is 260 g/mol. The van der Waals surface area contributed by atoms with Crippen molar-refractivity contribution in [2.24, 2.45) is 0 Å². The van der Waals surface area contributed by atoms with Gasteiger partial charge in [-0.1, -0.05) is 12.8 Å². The van der Waals surface area contributed by atoms with Crippen LogP contribution in [0.1, 0.15) is 25.7 Å². The van der Waals surface area contributed by atoms with Crippen molar-refractivity contribution in [3.63, 3.8) is 0 Å². The highest BCUT2D eigenvalue weighted by Crippen LogP contribution is 2.21. The first kappa shape index (κ1) is 12.3. The van der Waals surface area contributed by atoms with E-state index in [0.29, 0.717) is 12.8 Å².